The van der Waals surface area contributed by atoms with Gasteiger partial charge in [-0.15, -0.1) is 0 Å². The SMILES string of the molecule is CCc1nc(-c2ccsc2)nc(Nc2ccc(CC(=O)NCC(C)C)cc2)c1CC. The lowest BCUT2D eigenvalue weighted by Crippen LogP contribution is -2.28. The molecule has 0 aliphatic heterocycles. The fourth-order valence-corrected chi connectivity index (χ4v) is 3.86. The summed E-state index contributed by atoms with van der Waals surface area (Å²) < 4.78 is 0. The van der Waals surface area contributed by atoms with Gasteiger partial charge in [0.1, 0.15) is 5.82 Å². The fourth-order valence-electron chi connectivity index (χ4n) is 3.23. The Morgan fingerprint density at radius 2 is 1.83 bits per heavy atom. The van der Waals surface area contributed by atoms with Gasteiger partial charge in [-0.2, -0.15) is 11.3 Å². The molecule has 1 aromatic carbocycles. The third-order valence-corrected chi connectivity index (χ3v) is 5.53. The largest absolute Gasteiger partial charge is 0.356 e. The summed E-state index contributed by atoms with van der Waals surface area (Å²) in [6.45, 7) is 9.14. The maximum absolute atomic E-state index is 12.1. The van der Waals surface area contributed by atoms with E-state index in [1.54, 1.807) is 11.3 Å². The van der Waals surface area contributed by atoms with Gasteiger partial charge >= 0.3 is 0 Å². The van der Waals surface area contributed by atoms with Crippen molar-refractivity contribution in [2.45, 2.75) is 47.0 Å². The minimum absolute atomic E-state index is 0.0569. The van der Waals surface area contributed by atoms with E-state index in [4.69, 9.17) is 9.97 Å². The zero-order valence-electron chi connectivity index (χ0n) is 18.2. The van der Waals surface area contributed by atoms with Crippen molar-refractivity contribution in [1.82, 2.24) is 15.3 Å². The van der Waals surface area contributed by atoms with Crippen molar-refractivity contribution < 1.29 is 4.79 Å². The third kappa shape index (κ3) is 5.66. The number of carbonyl (C=O) groups is 1. The molecule has 2 aromatic heterocycles. The Morgan fingerprint density at radius 1 is 1.07 bits per heavy atom. The summed E-state index contributed by atoms with van der Waals surface area (Å²) >= 11 is 1.65. The molecule has 158 valence electrons. The highest BCUT2D eigenvalue weighted by Gasteiger charge is 2.14. The van der Waals surface area contributed by atoms with Gasteiger partial charge in [0, 0.05) is 34.4 Å². The molecule has 5 nitrogen and oxygen atoms in total. The van der Waals surface area contributed by atoms with E-state index in [1.807, 2.05) is 35.7 Å². The third-order valence-electron chi connectivity index (χ3n) is 4.85. The maximum Gasteiger partial charge on any atom is 0.224 e. The second kappa shape index (κ2) is 10.3. The van der Waals surface area contributed by atoms with Gasteiger partial charge in [0.05, 0.1) is 6.42 Å². The van der Waals surface area contributed by atoms with Crippen LogP contribution in [-0.4, -0.2) is 22.4 Å². The van der Waals surface area contributed by atoms with E-state index < -0.39 is 0 Å². The van der Waals surface area contributed by atoms with Crippen LogP contribution in [0.15, 0.2) is 41.1 Å². The molecule has 2 N–H and O–H groups in total. The number of nitrogens with one attached hydrogen (secondary N) is 2. The van der Waals surface area contributed by atoms with Gasteiger partial charge in [0.25, 0.3) is 0 Å². The van der Waals surface area contributed by atoms with Crippen LogP contribution in [0, 0.1) is 5.92 Å². The molecule has 0 radical (unpaired) electrons. The first kappa shape index (κ1) is 22.0. The Labute approximate surface area is 183 Å². The van der Waals surface area contributed by atoms with Crippen LogP contribution < -0.4 is 10.6 Å². The molecule has 0 aliphatic rings. The first-order valence-electron chi connectivity index (χ1n) is 10.5. The van der Waals surface area contributed by atoms with Crippen LogP contribution in [0.5, 0.6) is 0 Å². The van der Waals surface area contributed by atoms with E-state index >= 15 is 0 Å². The lowest BCUT2D eigenvalue weighted by atomic mass is 10.1. The maximum atomic E-state index is 12.1. The van der Waals surface area contributed by atoms with Crippen LogP contribution in [0.1, 0.15) is 44.5 Å². The van der Waals surface area contributed by atoms with Crippen molar-refractivity contribution in [2.24, 2.45) is 5.92 Å². The predicted octanol–water partition coefficient (Wildman–Crippen LogP) is 5.39. The highest BCUT2D eigenvalue weighted by atomic mass is 32.1. The van der Waals surface area contributed by atoms with Crippen LogP contribution in [0.3, 0.4) is 0 Å². The zero-order chi connectivity index (χ0) is 21.5. The summed E-state index contributed by atoms with van der Waals surface area (Å²) in [6, 6.07) is 10.0. The van der Waals surface area contributed by atoms with Crippen molar-refractivity contribution in [2.75, 3.05) is 11.9 Å². The first-order valence-corrected chi connectivity index (χ1v) is 11.5. The quantitative estimate of drug-likeness (QED) is 0.485. The zero-order valence-corrected chi connectivity index (χ0v) is 19.0. The van der Waals surface area contributed by atoms with E-state index in [-0.39, 0.29) is 5.91 Å². The Hall–Kier alpha value is -2.73. The van der Waals surface area contributed by atoms with Gasteiger partial charge < -0.3 is 10.6 Å². The number of carbonyl (C=O) groups excluding carboxylic acids is 1. The summed E-state index contributed by atoms with van der Waals surface area (Å²) in [6.07, 6.45) is 2.12. The highest BCUT2D eigenvalue weighted by Crippen LogP contribution is 2.27. The normalized spacial score (nSPS) is 11.0. The topological polar surface area (TPSA) is 66.9 Å². The summed E-state index contributed by atoms with van der Waals surface area (Å²) in [4.78, 5) is 21.7. The molecule has 0 fully saturated rings. The van der Waals surface area contributed by atoms with E-state index in [2.05, 4.69) is 43.7 Å². The number of aryl methyl sites for hydroxylation is 1. The molecule has 0 atom stereocenters. The van der Waals surface area contributed by atoms with E-state index in [1.165, 1.54) is 0 Å². The Morgan fingerprint density at radius 3 is 2.43 bits per heavy atom. The van der Waals surface area contributed by atoms with Crippen molar-refractivity contribution in [1.29, 1.82) is 0 Å². The minimum Gasteiger partial charge on any atom is -0.356 e. The van der Waals surface area contributed by atoms with Gasteiger partial charge in [-0.05, 0) is 47.9 Å². The Kier molecular flexibility index (Phi) is 7.57. The monoisotopic (exact) mass is 422 g/mol. The van der Waals surface area contributed by atoms with Gasteiger partial charge in [0.2, 0.25) is 5.91 Å². The molecule has 2 heterocycles. The van der Waals surface area contributed by atoms with E-state index in [0.717, 1.165) is 52.6 Å². The number of amides is 1. The molecular weight excluding hydrogens is 392 g/mol. The highest BCUT2D eigenvalue weighted by molar-refractivity contribution is 7.08. The predicted molar refractivity (Wildman–Crippen MR) is 125 cm³/mol. The van der Waals surface area contributed by atoms with Crippen molar-refractivity contribution in [3.63, 3.8) is 0 Å². The molecule has 0 bridgehead atoms. The van der Waals surface area contributed by atoms with Crippen LogP contribution in [0.2, 0.25) is 0 Å². The second-order valence-electron chi connectivity index (χ2n) is 7.74. The average molecular weight is 423 g/mol. The summed E-state index contributed by atoms with van der Waals surface area (Å²) in [5.74, 6) is 2.12. The van der Waals surface area contributed by atoms with Gasteiger partial charge in [-0.1, -0.05) is 39.8 Å². The fraction of sp³-hybridized carbons (Fsp3) is 0.375. The van der Waals surface area contributed by atoms with Crippen LogP contribution in [0.25, 0.3) is 11.4 Å². The molecule has 0 saturated carbocycles. The second-order valence-corrected chi connectivity index (χ2v) is 8.52. The molecular formula is C24H30N4OS. The first-order chi connectivity index (χ1) is 14.5. The smallest absolute Gasteiger partial charge is 0.224 e. The van der Waals surface area contributed by atoms with Crippen molar-refractivity contribution >= 4 is 28.7 Å². The summed E-state index contributed by atoms with van der Waals surface area (Å²) in [7, 11) is 0. The molecule has 0 aliphatic carbocycles. The summed E-state index contributed by atoms with van der Waals surface area (Å²) in [5.41, 5.74) is 5.22. The number of anilines is 2. The number of thiophene rings is 1. The molecule has 3 aromatic rings. The minimum atomic E-state index is 0.0569. The lowest BCUT2D eigenvalue weighted by Gasteiger charge is -2.15. The molecule has 6 heteroatoms. The van der Waals surface area contributed by atoms with Crippen molar-refractivity contribution in [3.8, 4) is 11.4 Å². The average Bonchev–Trinajstić information content (AvgIpc) is 3.28. The molecule has 0 unspecified atom stereocenters. The number of nitrogens with zero attached hydrogens (tertiary/aromatic N) is 2. The summed E-state index contributed by atoms with van der Waals surface area (Å²) in [5, 5.41) is 10.6. The van der Waals surface area contributed by atoms with Crippen LogP contribution in [0.4, 0.5) is 11.5 Å². The number of hydrogen-bond acceptors (Lipinski definition) is 5. The Bertz CT molecular complexity index is 966. The number of rotatable bonds is 9. The van der Waals surface area contributed by atoms with E-state index in [9.17, 15) is 4.79 Å². The molecule has 0 saturated heterocycles. The molecule has 0 spiro atoms. The van der Waals surface area contributed by atoms with Crippen molar-refractivity contribution in [3.05, 3.63) is 57.9 Å². The molecule has 30 heavy (non-hydrogen) atoms. The number of benzene rings is 1. The van der Waals surface area contributed by atoms with Gasteiger partial charge in [-0.3, -0.25) is 4.79 Å². The van der Waals surface area contributed by atoms with Crippen LogP contribution >= 0.6 is 11.3 Å². The number of aromatic nitrogens is 2. The van der Waals surface area contributed by atoms with Crippen LogP contribution in [-0.2, 0) is 24.1 Å². The lowest BCUT2D eigenvalue weighted by molar-refractivity contribution is -0.120. The molecule has 1 amide bonds. The van der Waals surface area contributed by atoms with Gasteiger partial charge in [-0.25, -0.2) is 9.97 Å². The number of hydrogen-bond donors (Lipinski definition) is 2. The standard InChI is InChI=1S/C24H30N4OS/c1-5-20-21(6-2)27-23(18-11-12-30-15-18)28-24(20)26-19-9-7-17(8-10-19)13-22(29)25-14-16(3)4/h7-12,15-16H,5-6,13-14H2,1-4H3,(H,25,29)(H,26,27,28). The van der Waals surface area contributed by atoms with Gasteiger partial charge in [0.15, 0.2) is 5.82 Å². The molecule has 3 rings (SSSR count). The van der Waals surface area contributed by atoms with E-state index in [0.29, 0.717) is 18.9 Å². The Balaban J connectivity index is 1.78.